The first kappa shape index (κ1) is 25.4. The topological polar surface area (TPSA) is 129 Å². The number of halogens is 4. The van der Waals surface area contributed by atoms with Gasteiger partial charge in [-0.3, -0.25) is 4.99 Å². The van der Waals surface area contributed by atoms with Gasteiger partial charge in [0.25, 0.3) is 0 Å². The van der Waals surface area contributed by atoms with Crippen molar-refractivity contribution in [1.82, 2.24) is 20.9 Å². The normalized spacial score (nSPS) is 21.8. The van der Waals surface area contributed by atoms with E-state index < -0.39 is 30.0 Å². The zero-order chi connectivity index (χ0) is 25.9. The number of alkyl carbamates (subject to hydrolysis) is 1. The minimum atomic E-state index is -2.85. The first-order chi connectivity index (χ1) is 17.2. The zero-order valence-electron chi connectivity index (χ0n) is 18.2. The Hall–Kier alpha value is -3.71. The zero-order valence-corrected chi connectivity index (χ0v) is 19.8. The minimum Gasteiger partial charge on any atom is -0.447 e. The molecule has 0 bridgehead atoms. The van der Waals surface area contributed by atoms with Crippen LogP contribution in [0, 0.1) is 11.2 Å². The average molecular weight is 539 g/mol. The Morgan fingerprint density at radius 1 is 1.44 bits per heavy atom. The molecular formula is C22H18ClF3N6O3S. The molecule has 188 valence electrons. The number of allylic oxidation sites excluding steroid dienone is 1. The Kier molecular flexibility index (Phi) is 7.40. The number of cyclic esters (lactones) is 1. The maximum absolute atomic E-state index is 13.8. The number of benzene rings is 1. The molecule has 4 N–H and O–H groups in total. The molecule has 0 spiro atoms. The molecule has 14 heteroatoms. The second kappa shape index (κ2) is 10.5. The first-order valence-electron chi connectivity index (χ1n) is 10.3. The molecule has 1 aromatic carbocycles. The van der Waals surface area contributed by atoms with Gasteiger partial charge in [0.1, 0.15) is 30.3 Å². The van der Waals surface area contributed by atoms with Crippen LogP contribution in [0.5, 0.6) is 0 Å². The monoisotopic (exact) mass is 538 g/mol. The molecule has 1 saturated heterocycles. The van der Waals surface area contributed by atoms with Crippen LogP contribution in [0.2, 0.25) is 5.02 Å². The lowest BCUT2D eigenvalue weighted by Gasteiger charge is -2.31. The Morgan fingerprint density at radius 3 is 2.86 bits per heavy atom. The van der Waals surface area contributed by atoms with Crippen molar-refractivity contribution in [3.8, 4) is 0 Å². The van der Waals surface area contributed by atoms with Gasteiger partial charge >= 0.3 is 12.6 Å². The summed E-state index contributed by atoms with van der Waals surface area (Å²) in [6.45, 7) is -3.12. The van der Waals surface area contributed by atoms with Crippen LogP contribution in [0.25, 0.3) is 0 Å². The van der Waals surface area contributed by atoms with E-state index in [1.54, 1.807) is 16.9 Å². The number of amides is 1. The fraction of sp³-hybridized carbons (Fsp3) is 0.227. The fourth-order valence-electron chi connectivity index (χ4n) is 3.73. The van der Waals surface area contributed by atoms with E-state index in [1.165, 1.54) is 23.5 Å². The summed E-state index contributed by atoms with van der Waals surface area (Å²) in [6, 6.07) is 2.66. The lowest BCUT2D eigenvalue weighted by atomic mass is 9.87. The van der Waals surface area contributed by atoms with Crippen molar-refractivity contribution in [2.45, 2.75) is 24.6 Å². The van der Waals surface area contributed by atoms with E-state index in [4.69, 9.17) is 21.7 Å². The number of carbonyl (C=O) groups is 2. The highest BCUT2D eigenvalue weighted by molar-refractivity contribution is 7.11. The third-order valence-corrected chi connectivity index (χ3v) is 6.42. The molecule has 2 atom stereocenters. The largest absolute Gasteiger partial charge is 0.447 e. The van der Waals surface area contributed by atoms with E-state index in [2.05, 4.69) is 20.6 Å². The number of nitrogens with zero attached hydrogens (tertiary/aromatic N) is 2. The van der Waals surface area contributed by atoms with Crippen LogP contribution in [0.1, 0.15) is 23.0 Å². The van der Waals surface area contributed by atoms with Gasteiger partial charge in [-0.15, -0.1) is 11.3 Å². The molecule has 1 aromatic heterocycles. The molecule has 2 aliphatic rings. The lowest BCUT2D eigenvalue weighted by molar-refractivity contribution is -0.113. The molecular weight excluding hydrogens is 521 g/mol. The summed E-state index contributed by atoms with van der Waals surface area (Å²) >= 11 is 7.61. The summed E-state index contributed by atoms with van der Waals surface area (Å²) in [5.41, 5.74) is -0.945. The number of alkyl halides is 2. The van der Waals surface area contributed by atoms with E-state index in [9.17, 15) is 22.8 Å². The number of thiazole rings is 1. The Labute approximate surface area is 211 Å². The van der Waals surface area contributed by atoms with Crippen molar-refractivity contribution < 1.29 is 27.5 Å². The standard InChI is InChI=1S/C22H18ClF3N6O3S/c23-13-7-11(24)1-2-12(13)17-16(14(27)3-4-29-20(25)26)15(8-22(9-33)10-35-21(34)32-22)30-18(31-17)19-28-5-6-36-19/h1-7,9,17,20,27,29H,8,10H2,(H,30,31)(H,32,34)/b4-3-,27-14?/t17-,22-/m0/s1. The molecule has 9 nitrogen and oxygen atoms in total. The highest BCUT2D eigenvalue weighted by atomic mass is 35.5. The molecule has 1 amide bonds. The summed E-state index contributed by atoms with van der Waals surface area (Å²) in [6.07, 6.45) is 3.13. The number of rotatable bonds is 9. The van der Waals surface area contributed by atoms with Crippen LogP contribution in [-0.2, 0) is 9.53 Å². The Balaban J connectivity index is 1.87. The maximum atomic E-state index is 13.8. The van der Waals surface area contributed by atoms with Crippen molar-refractivity contribution >= 4 is 46.9 Å². The number of hydrogen-bond acceptors (Lipinski definition) is 9. The van der Waals surface area contributed by atoms with E-state index in [-0.39, 0.29) is 40.9 Å². The van der Waals surface area contributed by atoms with Crippen LogP contribution >= 0.6 is 22.9 Å². The smallest absolute Gasteiger partial charge is 0.408 e. The van der Waals surface area contributed by atoms with Gasteiger partial charge in [-0.2, -0.15) is 8.78 Å². The van der Waals surface area contributed by atoms with Gasteiger partial charge in [0.05, 0.1) is 5.71 Å². The number of carbonyl (C=O) groups excluding carboxylic acids is 2. The summed E-state index contributed by atoms with van der Waals surface area (Å²) in [4.78, 5) is 32.7. The van der Waals surface area contributed by atoms with Gasteiger partial charge in [0, 0.05) is 46.1 Å². The predicted octanol–water partition coefficient (Wildman–Crippen LogP) is 3.69. The van der Waals surface area contributed by atoms with E-state index >= 15 is 0 Å². The first-order valence-corrected chi connectivity index (χ1v) is 11.6. The second-order valence-electron chi connectivity index (χ2n) is 7.77. The van der Waals surface area contributed by atoms with Gasteiger partial charge in [0.15, 0.2) is 10.8 Å². The highest BCUT2D eigenvalue weighted by Crippen LogP contribution is 2.38. The van der Waals surface area contributed by atoms with Crippen molar-refractivity contribution in [1.29, 1.82) is 5.41 Å². The maximum Gasteiger partial charge on any atom is 0.408 e. The summed E-state index contributed by atoms with van der Waals surface area (Å²) in [5, 5.41) is 18.2. The number of nitrogens with one attached hydrogen (secondary N) is 4. The van der Waals surface area contributed by atoms with Crippen molar-refractivity contribution in [2.24, 2.45) is 4.99 Å². The van der Waals surface area contributed by atoms with E-state index in [1.807, 2.05) is 0 Å². The van der Waals surface area contributed by atoms with Crippen LogP contribution < -0.4 is 16.0 Å². The second-order valence-corrected chi connectivity index (χ2v) is 9.07. The SMILES string of the molecule is N=C(/C=C\NC(F)F)C1=C(C[C@]2(C=O)COC(=O)N2)NC(c2nccs2)=N[C@H]1c1ccc(F)cc1Cl. The number of amidine groups is 1. The molecule has 0 aliphatic carbocycles. The quantitative estimate of drug-likeness (QED) is 0.219. The van der Waals surface area contributed by atoms with Crippen molar-refractivity contribution in [3.63, 3.8) is 0 Å². The molecule has 0 unspecified atom stereocenters. The summed E-state index contributed by atoms with van der Waals surface area (Å²) < 4.78 is 44.0. The molecule has 0 radical (unpaired) electrons. The van der Waals surface area contributed by atoms with Crippen LogP contribution in [0.15, 0.2) is 58.3 Å². The molecule has 2 aromatic rings. The van der Waals surface area contributed by atoms with Crippen LogP contribution in [-0.4, -0.2) is 47.6 Å². The number of aldehydes is 1. The van der Waals surface area contributed by atoms with Gasteiger partial charge < -0.3 is 30.9 Å². The van der Waals surface area contributed by atoms with Gasteiger partial charge in [-0.1, -0.05) is 17.7 Å². The van der Waals surface area contributed by atoms with Crippen molar-refractivity contribution in [3.05, 3.63) is 74.7 Å². The third-order valence-electron chi connectivity index (χ3n) is 5.31. The fourth-order valence-corrected chi connectivity index (χ4v) is 4.59. The number of hydrogen-bond donors (Lipinski definition) is 4. The highest BCUT2D eigenvalue weighted by Gasteiger charge is 2.43. The summed E-state index contributed by atoms with van der Waals surface area (Å²) in [5.74, 6) is -0.308. The van der Waals surface area contributed by atoms with Crippen LogP contribution in [0.4, 0.5) is 18.0 Å². The minimum absolute atomic E-state index is 0.0195. The lowest BCUT2D eigenvalue weighted by Crippen LogP contribution is -2.48. The van der Waals surface area contributed by atoms with Gasteiger partial charge in [0.2, 0.25) is 0 Å². The average Bonchev–Trinajstić information content (AvgIpc) is 3.49. The predicted molar refractivity (Wildman–Crippen MR) is 127 cm³/mol. The van der Waals surface area contributed by atoms with Gasteiger partial charge in [-0.05, 0) is 18.2 Å². The number of ether oxygens (including phenoxy) is 1. The Bertz CT molecular complexity index is 1280. The van der Waals surface area contributed by atoms with E-state index in [0.29, 0.717) is 16.9 Å². The van der Waals surface area contributed by atoms with E-state index in [0.717, 1.165) is 18.3 Å². The van der Waals surface area contributed by atoms with Crippen LogP contribution in [0.3, 0.4) is 0 Å². The van der Waals surface area contributed by atoms with Gasteiger partial charge in [-0.25, -0.2) is 14.2 Å². The Morgan fingerprint density at radius 2 is 2.25 bits per heavy atom. The third kappa shape index (κ3) is 5.41. The molecule has 2 aliphatic heterocycles. The molecule has 1 fully saturated rings. The molecule has 36 heavy (non-hydrogen) atoms. The molecule has 4 rings (SSSR count). The number of aliphatic imine (C=N–C) groups is 1. The summed E-state index contributed by atoms with van der Waals surface area (Å²) in [7, 11) is 0. The van der Waals surface area contributed by atoms with Crippen molar-refractivity contribution in [2.75, 3.05) is 6.61 Å². The number of aromatic nitrogens is 1. The molecule has 0 saturated carbocycles. The molecule has 3 heterocycles.